The van der Waals surface area contributed by atoms with E-state index >= 15 is 0 Å². The van der Waals surface area contributed by atoms with Crippen LogP contribution in [0, 0.1) is 34.5 Å². The van der Waals surface area contributed by atoms with E-state index in [1.807, 2.05) is 78.0 Å². The molecular weight excluding hydrogens is 928 g/mol. The molecule has 70 heavy (non-hydrogen) atoms. The number of likely N-dealkylation sites (N-methyl/N-ethyl adjacent to an activating group) is 1. The van der Waals surface area contributed by atoms with Crippen molar-refractivity contribution in [2.75, 3.05) is 41.5 Å². The van der Waals surface area contributed by atoms with Crippen LogP contribution in [0.25, 0.3) is 6.08 Å². The van der Waals surface area contributed by atoms with Crippen LogP contribution < -0.4 is 5.32 Å². The van der Waals surface area contributed by atoms with Crippen LogP contribution in [0.3, 0.4) is 0 Å². The second-order valence-corrected chi connectivity index (χ2v) is 21.1. The number of amides is 1. The number of carbonyl (C=O) groups excluding carboxylic acids is 1. The summed E-state index contributed by atoms with van der Waals surface area (Å²) < 4.78 is 48.2. The Bertz CT molecular complexity index is 2080. The molecule has 15 atom stereocenters. The van der Waals surface area contributed by atoms with Gasteiger partial charge in [-0.3, -0.25) is 9.32 Å². The number of nitriles is 1. The summed E-state index contributed by atoms with van der Waals surface area (Å²) in [6, 6.07) is 1.40. The van der Waals surface area contributed by atoms with Gasteiger partial charge in [0.25, 0.3) is 5.91 Å². The van der Waals surface area contributed by atoms with Gasteiger partial charge >= 0.3 is 7.82 Å². The first-order chi connectivity index (χ1) is 32.6. The van der Waals surface area contributed by atoms with Gasteiger partial charge in [0.15, 0.2) is 17.8 Å². The highest BCUT2D eigenvalue weighted by Crippen LogP contribution is 2.59. The fourth-order valence-electron chi connectivity index (χ4n) is 8.96. The van der Waals surface area contributed by atoms with Gasteiger partial charge in [0.2, 0.25) is 0 Å². The van der Waals surface area contributed by atoms with Gasteiger partial charge in [-0.1, -0.05) is 77.5 Å². The number of oxazole rings is 1. The number of aliphatic hydroxyl groups is 5. The second kappa shape index (κ2) is 27.0. The fourth-order valence-corrected chi connectivity index (χ4v) is 9.64. The maximum absolute atomic E-state index is 12.6. The molecule has 1 aromatic heterocycles. The summed E-state index contributed by atoms with van der Waals surface area (Å²) in [5.74, 6) is -3.63. The summed E-state index contributed by atoms with van der Waals surface area (Å²) in [5, 5.41) is 67.1. The highest BCUT2D eigenvalue weighted by molar-refractivity contribution is 7.46. The second-order valence-electron chi connectivity index (χ2n) is 19.9. The number of phosphoric acid groups is 1. The molecule has 2 saturated heterocycles. The van der Waals surface area contributed by atoms with E-state index in [9.17, 15) is 44.7 Å². The smallest absolute Gasteiger partial charge is 0.448 e. The highest BCUT2D eigenvalue weighted by atomic mass is 31.2. The zero-order valence-electron chi connectivity index (χ0n) is 43.1. The first kappa shape index (κ1) is 60.9. The number of methoxy groups -OCH3 is 2. The normalized spacial score (nSPS) is 27.6. The molecule has 1 amide bonds. The number of hydrogen-bond donors (Lipinski definition) is 8. The Morgan fingerprint density at radius 3 is 2.36 bits per heavy atom. The molecule has 2 unspecified atom stereocenters. The predicted octanol–water partition coefficient (Wildman–Crippen LogP) is 4.69. The average Bonchev–Trinajstić information content (AvgIpc) is 3.84. The standard InChI is InChI=1S/C50H81N4O15P/c1-29(20-22-51)16-14-17-30(2)32(4)24-33(5)42(57)35(7)38(55)25-41(65-13)45-46(69-70(61,62)63)49(8,9)50(68-45)26-39(56)34(6)40(67-50)19-15-18-36-27-66-48(53-36)31(3)21-23-52-47(60)44(59)43(58)37(28-64-12)54(10)11/h14-18,20,24,27,31,33-35,37-46,55-59H,19,21,23,25-26,28H2,1-13H3,(H,52,60)(H2,61,62,63)/b16-14+,18-15+,29-20-,30-17+,32-24+/t31-,33+,34-,35-,37-,38-,39+,40-,41-,42+,43-,44-,45?,46-,50?/m1/s1. The minimum atomic E-state index is -5.15. The van der Waals surface area contributed by atoms with E-state index in [2.05, 4.69) is 10.3 Å². The van der Waals surface area contributed by atoms with Gasteiger partial charge in [0.1, 0.15) is 30.3 Å². The minimum Gasteiger partial charge on any atom is -0.448 e. The van der Waals surface area contributed by atoms with Crippen molar-refractivity contribution < 1.29 is 72.6 Å². The maximum atomic E-state index is 12.6. The number of hydrogen-bond acceptors (Lipinski definition) is 16. The molecule has 0 aliphatic carbocycles. The third-order valence-electron chi connectivity index (χ3n) is 14.0. The Morgan fingerprint density at radius 2 is 1.76 bits per heavy atom. The van der Waals surface area contributed by atoms with E-state index in [0.29, 0.717) is 18.0 Å². The van der Waals surface area contributed by atoms with Crippen molar-refractivity contribution in [3.8, 4) is 6.07 Å². The van der Waals surface area contributed by atoms with Crippen molar-refractivity contribution in [3.63, 3.8) is 0 Å². The molecule has 20 heteroatoms. The Kier molecular flexibility index (Phi) is 23.5. The molecule has 396 valence electrons. The first-order valence-corrected chi connectivity index (χ1v) is 25.4. The molecule has 2 aliphatic rings. The van der Waals surface area contributed by atoms with Gasteiger partial charge < -0.3 is 68.9 Å². The maximum Gasteiger partial charge on any atom is 0.469 e. The van der Waals surface area contributed by atoms with Gasteiger partial charge in [-0.2, -0.15) is 5.26 Å². The summed E-state index contributed by atoms with van der Waals surface area (Å²) >= 11 is 0. The number of allylic oxidation sites excluding steroid dienone is 7. The van der Waals surface area contributed by atoms with Crippen molar-refractivity contribution in [2.45, 2.75) is 161 Å². The molecule has 2 fully saturated rings. The lowest BCUT2D eigenvalue weighted by atomic mass is 9.72. The largest absolute Gasteiger partial charge is 0.469 e. The Morgan fingerprint density at radius 1 is 1.09 bits per heavy atom. The third-order valence-corrected chi connectivity index (χ3v) is 14.5. The van der Waals surface area contributed by atoms with Crippen molar-refractivity contribution >= 4 is 19.8 Å². The van der Waals surface area contributed by atoms with Crippen molar-refractivity contribution in [3.05, 3.63) is 71.0 Å². The van der Waals surface area contributed by atoms with E-state index in [1.54, 1.807) is 45.8 Å². The van der Waals surface area contributed by atoms with Crippen LogP contribution in [-0.2, 0) is 32.8 Å². The van der Waals surface area contributed by atoms with E-state index in [4.69, 9.17) is 33.2 Å². The quantitative estimate of drug-likeness (QED) is 0.0355. The number of carbonyl (C=O) groups is 1. The number of rotatable bonds is 26. The molecule has 0 saturated carbocycles. The molecule has 3 rings (SSSR count). The lowest BCUT2D eigenvalue weighted by Crippen LogP contribution is -2.58. The van der Waals surface area contributed by atoms with E-state index in [1.165, 1.54) is 26.6 Å². The van der Waals surface area contributed by atoms with Crippen LogP contribution in [0.4, 0.5) is 0 Å². The van der Waals surface area contributed by atoms with Crippen LogP contribution in [0.15, 0.2) is 63.9 Å². The SMILES string of the molecule is COC[C@H]([C@@H](O)[C@@H](O)C(=O)NCC[C@@H](C)c1nc(/C=C/C[C@H]2OC3(C[C@H](O)[C@H]2C)OC([C@@H](C[C@@H](O)[C@@H](C)[C@@H](O)[C@@H](C)/C=C(C)/C(C)=C/C=C/C(C)=C\C#N)OC)[C@@H](OP(=O)(O)O)C3(C)C)co1)N(C)C. The summed E-state index contributed by atoms with van der Waals surface area (Å²) in [6.45, 7) is 16.6. The van der Waals surface area contributed by atoms with Crippen molar-refractivity contribution in [1.82, 2.24) is 15.2 Å². The van der Waals surface area contributed by atoms with E-state index < -0.39 is 97.7 Å². The van der Waals surface area contributed by atoms with Crippen LogP contribution in [0.2, 0.25) is 0 Å². The lowest BCUT2D eigenvalue weighted by molar-refractivity contribution is -0.334. The molecule has 0 aromatic carbocycles. The zero-order chi connectivity index (χ0) is 52.9. The molecule has 2 aliphatic heterocycles. The van der Waals surface area contributed by atoms with E-state index in [-0.39, 0.29) is 44.2 Å². The van der Waals surface area contributed by atoms with Gasteiger partial charge in [-0.15, -0.1) is 0 Å². The number of nitrogens with zero attached hydrogens (tertiary/aromatic N) is 3. The molecule has 0 bridgehead atoms. The number of phosphoric ester groups is 1. The molecule has 3 heterocycles. The van der Waals surface area contributed by atoms with Crippen LogP contribution in [0.1, 0.15) is 105 Å². The summed E-state index contributed by atoms with van der Waals surface area (Å²) in [5.41, 5.74) is 1.87. The number of aromatic nitrogens is 1. The average molecular weight is 1010 g/mol. The molecule has 8 N–H and O–H groups in total. The monoisotopic (exact) mass is 1010 g/mol. The van der Waals surface area contributed by atoms with Gasteiger partial charge in [0.05, 0.1) is 49.2 Å². The van der Waals surface area contributed by atoms with Gasteiger partial charge in [-0.25, -0.2) is 9.55 Å². The third kappa shape index (κ3) is 16.3. The minimum absolute atomic E-state index is 0.0645. The molecular formula is C50H81N4O15P. The molecule has 1 spiro atoms. The van der Waals surface area contributed by atoms with Gasteiger partial charge in [-0.05, 0) is 64.9 Å². The van der Waals surface area contributed by atoms with Crippen molar-refractivity contribution in [2.24, 2.45) is 23.2 Å². The van der Waals surface area contributed by atoms with Crippen LogP contribution >= 0.6 is 7.82 Å². The van der Waals surface area contributed by atoms with Crippen LogP contribution in [0.5, 0.6) is 0 Å². The highest BCUT2D eigenvalue weighted by Gasteiger charge is 2.68. The van der Waals surface area contributed by atoms with Crippen LogP contribution in [-0.4, -0.2) is 159 Å². The van der Waals surface area contributed by atoms with Gasteiger partial charge in [0, 0.05) is 68.8 Å². The number of aliphatic hydroxyl groups excluding tert-OH is 5. The topological polar surface area (TPSA) is 287 Å². The molecule has 19 nitrogen and oxygen atoms in total. The Labute approximate surface area is 414 Å². The fraction of sp³-hybridized carbons (Fsp3) is 0.700. The molecule has 1 aromatic rings. The summed E-state index contributed by atoms with van der Waals surface area (Å²) in [6.07, 6.45) is 4.10. The Hall–Kier alpha value is -3.42. The summed E-state index contributed by atoms with van der Waals surface area (Å²) in [7, 11) is 1.12. The molecule has 0 radical (unpaired) electrons. The number of nitrogens with one attached hydrogen (secondary N) is 1. The first-order valence-electron chi connectivity index (χ1n) is 23.8. The lowest BCUT2D eigenvalue weighted by Gasteiger charge is -2.50. The predicted molar refractivity (Wildman–Crippen MR) is 262 cm³/mol. The van der Waals surface area contributed by atoms with E-state index in [0.717, 1.165) is 16.7 Å². The van der Waals surface area contributed by atoms with Crippen molar-refractivity contribution in [1.29, 1.82) is 5.26 Å². The number of ether oxygens (including phenoxy) is 4. The summed E-state index contributed by atoms with van der Waals surface area (Å²) in [4.78, 5) is 39.2. The zero-order valence-corrected chi connectivity index (χ0v) is 44.0. The Balaban J connectivity index is 1.74.